The van der Waals surface area contributed by atoms with Gasteiger partial charge in [-0.15, -0.1) is 0 Å². The van der Waals surface area contributed by atoms with Crippen LogP contribution in [0.1, 0.15) is 25.6 Å². The second-order valence-corrected chi connectivity index (χ2v) is 4.87. The van der Waals surface area contributed by atoms with Gasteiger partial charge >= 0.3 is 0 Å². The minimum absolute atomic E-state index is 0.339. The molecule has 106 valence electrons. The van der Waals surface area contributed by atoms with E-state index in [0.29, 0.717) is 21.7 Å². The summed E-state index contributed by atoms with van der Waals surface area (Å²) in [7, 11) is 0. The van der Waals surface area contributed by atoms with Crippen molar-refractivity contribution in [3.63, 3.8) is 0 Å². The van der Waals surface area contributed by atoms with Gasteiger partial charge < -0.3 is 10.6 Å². The van der Waals surface area contributed by atoms with E-state index in [1.54, 1.807) is 38.1 Å². The highest BCUT2D eigenvalue weighted by molar-refractivity contribution is 6.31. The molecule has 0 radical (unpaired) electrons. The SMILES string of the molecule is C=C(C)C(=O)NC(NC(=O)C(=C)C)c1ccccc1Cl. The number of carbonyl (C=O) groups is 2. The Hall–Kier alpha value is -2.07. The first kappa shape index (κ1) is 16.0. The maximum Gasteiger partial charge on any atom is 0.248 e. The standard InChI is InChI=1S/C15H17ClN2O2/c1-9(2)14(19)17-13(18-15(20)10(3)4)11-7-5-6-8-12(11)16/h5-8,13H,1,3H2,2,4H3,(H,17,19)(H,18,20). The van der Waals surface area contributed by atoms with Crippen LogP contribution in [-0.2, 0) is 9.59 Å². The lowest BCUT2D eigenvalue weighted by molar-refractivity contribution is -0.120. The monoisotopic (exact) mass is 292 g/mol. The molecule has 1 aromatic carbocycles. The van der Waals surface area contributed by atoms with Crippen LogP contribution in [0.25, 0.3) is 0 Å². The van der Waals surface area contributed by atoms with Crippen molar-refractivity contribution >= 4 is 23.4 Å². The van der Waals surface area contributed by atoms with Crippen LogP contribution in [0.3, 0.4) is 0 Å². The van der Waals surface area contributed by atoms with Crippen molar-refractivity contribution in [3.8, 4) is 0 Å². The third kappa shape index (κ3) is 4.24. The third-order valence-corrected chi connectivity index (χ3v) is 2.89. The van der Waals surface area contributed by atoms with Gasteiger partial charge in [-0.05, 0) is 19.9 Å². The molecule has 0 saturated carbocycles. The Morgan fingerprint density at radius 3 is 1.90 bits per heavy atom. The van der Waals surface area contributed by atoms with Crippen LogP contribution in [0.4, 0.5) is 0 Å². The van der Waals surface area contributed by atoms with Gasteiger partial charge in [-0.2, -0.15) is 0 Å². The molecule has 0 atom stereocenters. The zero-order chi connectivity index (χ0) is 15.3. The maximum atomic E-state index is 11.8. The first-order chi connectivity index (χ1) is 9.32. The number of hydrogen-bond acceptors (Lipinski definition) is 2. The van der Waals surface area contributed by atoms with Gasteiger partial charge in [-0.3, -0.25) is 9.59 Å². The Kier molecular flexibility index (Phi) is 5.53. The summed E-state index contributed by atoms with van der Waals surface area (Å²) in [4.78, 5) is 23.5. The van der Waals surface area contributed by atoms with Gasteiger partial charge in [0.05, 0.1) is 0 Å². The van der Waals surface area contributed by atoms with Crippen LogP contribution < -0.4 is 10.6 Å². The molecule has 0 spiro atoms. The molecule has 20 heavy (non-hydrogen) atoms. The van der Waals surface area contributed by atoms with Gasteiger partial charge in [-0.1, -0.05) is 43.0 Å². The Balaban J connectivity index is 3.04. The molecular weight excluding hydrogens is 276 g/mol. The van der Waals surface area contributed by atoms with E-state index in [2.05, 4.69) is 23.8 Å². The van der Waals surface area contributed by atoms with E-state index in [1.165, 1.54) is 0 Å². The lowest BCUT2D eigenvalue weighted by Gasteiger charge is -2.21. The number of hydrogen-bond donors (Lipinski definition) is 2. The Morgan fingerprint density at radius 1 is 1.05 bits per heavy atom. The van der Waals surface area contributed by atoms with Crippen LogP contribution in [-0.4, -0.2) is 11.8 Å². The van der Waals surface area contributed by atoms with Crippen LogP contribution in [0, 0.1) is 0 Å². The first-order valence-electron chi connectivity index (χ1n) is 6.00. The molecule has 1 rings (SSSR count). The number of halogens is 1. The summed E-state index contributed by atoms with van der Waals surface area (Å²) in [5.74, 6) is -0.728. The molecule has 0 heterocycles. The van der Waals surface area contributed by atoms with E-state index in [4.69, 9.17) is 11.6 Å². The summed E-state index contributed by atoms with van der Waals surface area (Å²) < 4.78 is 0. The quantitative estimate of drug-likeness (QED) is 0.647. The minimum atomic E-state index is -0.739. The molecule has 0 saturated heterocycles. The number of benzene rings is 1. The highest BCUT2D eigenvalue weighted by Crippen LogP contribution is 2.21. The van der Waals surface area contributed by atoms with Gasteiger partial charge in [0.2, 0.25) is 11.8 Å². The average Bonchev–Trinajstić information content (AvgIpc) is 2.38. The van der Waals surface area contributed by atoms with Crippen molar-refractivity contribution in [3.05, 3.63) is 59.2 Å². The topological polar surface area (TPSA) is 58.2 Å². The van der Waals surface area contributed by atoms with Gasteiger partial charge in [0.15, 0.2) is 0 Å². The molecule has 0 unspecified atom stereocenters. The fourth-order valence-electron chi connectivity index (χ4n) is 1.41. The van der Waals surface area contributed by atoms with E-state index in [9.17, 15) is 9.59 Å². The summed E-state index contributed by atoms with van der Waals surface area (Å²) in [6, 6.07) is 6.95. The molecule has 2 N–H and O–H groups in total. The molecule has 0 aliphatic carbocycles. The lowest BCUT2D eigenvalue weighted by atomic mass is 10.1. The van der Waals surface area contributed by atoms with Gasteiger partial charge in [0.25, 0.3) is 0 Å². The van der Waals surface area contributed by atoms with Crippen molar-refractivity contribution in [1.82, 2.24) is 10.6 Å². The molecule has 2 amide bonds. The van der Waals surface area contributed by atoms with Crippen LogP contribution in [0.5, 0.6) is 0 Å². The summed E-state index contributed by atoms with van der Waals surface area (Å²) in [5.41, 5.74) is 1.27. The first-order valence-corrected chi connectivity index (χ1v) is 6.38. The molecule has 0 fully saturated rings. The molecule has 4 nitrogen and oxygen atoms in total. The molecule has 0 bridgehead atoms. The molecular formula is C15H17ClN2O2. The highest BCUT2D eigenvalue weighted by atomic mass is 35.5. The van der Waals surface area contributed by atoms with Crippen molar-refractivity contribution < 1.29 is 9.59 Å². The van der Waals surface area contributed by atoms with E-state index in [-0.39, 0.29) is 11.8 Å². The van der Waals surface area contributed by atoms with E-state index >= 15 is 0 Å². The van der Waals surface area contributed by atoms with E-state index in [1.807, 2.05) is 0 Å². The smallest absolute Gasteiger partial charge is 0.248 e. The molecule has 0 aliphatic heterocycles. The van der Waals surface area contributed by atoms with E-state index in [0.717, 1.165) is 0 Å². The van der Waals surface area contributed by atoms with Gasteiger partial charge in [0, 0.05) is 21.7 Å². The predicted octanol–water partition coefficient (Wildman–Crippen LogP) is 2.72. The van der Waals surface area contributed by atoms with Crippen molar-refractivity contribution in [2.45, 2.75) is 20.0 Å². The number of amides is 2. The van der Waals surface area contributed by atoms with Crippen LogP contribution in [0.2, 0.25) is 5.02 Å². The summed E-state index contributed by atoms with van der Waals surface area (Å²) in [5, 5.41) is 5.77. The fourth-order valence-corrected chi connectivity index (χ4v) is 1.65. The Labute approximate surface area is 123 Å². The van der Waals surface area contributed by atoms with Crippen molar-refractivity contribution in [1.29, 1.82) is 0 Å². The third-order valence-electron chi connectivity index (χ3n) is 2.54. The summed E-state index contributed by atoms with van der Waals surface area (Å²) >= 11 is 6.10. The van der Waals surface area contributed by atoms with Crippen LogP contribution in [0.15, 0.2) is 48.6 Å². The normalized spacial score (nSPS) is 10.0. The molecule has 1 aromatic rings. The summed E-state index contributed by atoms with van der Waals surface area (Å²) in [6.45, 7) is 10.3. The minimum Gasteiger partial charge on any atom is -0.328 e. The number of carbonyl (C=O) groups excluding carboxylic acids is 2. The lowest BCUT2D eigenvalue weighted by Crippen LogP contribution is -2.41. The van der Waals surface area contributed by atoms with Crippen molar-refractivity contribution in [2.75, 3.05) is 0 Å². The second-order valence-electron chi connectivity index (χ2n) is 4.46. The Bertz CT molecular complexity index is 539. The van der Waals surface area contributed by atoms with Gasteiger partial charge in [-0.25, -0.2) is 0 Å². The molecule has 0 aromatic heterocycles. The maximum absolute atomic E-state index is 11.8. The predicted molar refractivity (Wildman–Crippen MR) is 80.1 cm³/mol. The number of nitrogens with one attached hydrogen (secondary N) is 2. The summed E-state index contributed by atoms with van der Waals surface area (Å²) in [6.07, 6.45) is -0.739. The zero-order valence-corrected chi connectivity index (χ0v) is 12.3. The van der Waals surface area contributed by atoms with Crippen molar-refractivity contribution in [2.24, 2.45) is 0 Å². The molecule has 0 aliphatic rings. The van der Waals surface area contributed by atoms with Gasteiger partial charge in [0.1, 0.15) is 6.17 Å². The zero-order valence-electron chi connectivity index (χ0n) is 11.5. The van der Waals surface area contributed by atoms with E-state index < -0.39 is 6.17 Å². The fraction of sp³-hybridized carbons (Fsp3) is 0.200. The van der Waals surface area contributed by atoms with Crippen LogP contribution >= 0.6 is 11.6 Å². The second kappa shape index (κ2) is 6.91. The molecule has 5 heteroatoms. The Morgan fingerprint density at radius 2 is 1.50 bits per heavy atom. The largest absolute Gasteiger partial charge is 0.328 e. The average molecular weight is 293 g/mol. The number of rotatable bonds is 5. The highest BCUT2D eigenvalue weighted by Gasteiger charge is 2.19.